The fraction of sp³-hybridized carbons (Fsp3) is 0.316. The van der Waals surface area contributed by atoms with Crippen LogP contribution in [-0.4, -0.2) is 18.5 Å². The summed E-state index contributed by atoms with van der Waals surface area (Å²) in [6, 6.07) is 16.2. The van der Waals surface area contributed by atoms with Gasteiger partial charge in [-0.1, -0.05) is 41.9 Å². The third-order valence-corrected chi connectivity index (χ3v) is 4.66. The Balaban J connectivity index is 1.64. The number of fused-ring (bicyclic) bond motifs is 1. The molecule has 2 aromatic rings. The van der Waals surface area contributed by atoms with Crippen LogP contribution in [-0.2, 0) is 11.2 Å². The van der Waals surface area contributed by atoms with Gasteiger partial charge in [-0.15, -0.1) is 0 Å². The van der Waals surface area contributed by atoms with Crippen molar-refractivity contribution >= 4 is 23.2 Å². The largest absolute Gasteiger partial charge is 0.308 e. The Kier molecular flexibility index (Phi) is 4.69. The number of nitrogens with one attached hydrogen (secondary N) is 1. The van der Waals surface area contributed by atoms with Gasteiger partial charge in [-0.3, -0.25) is 4.79 Å². The second kappa shape index (κ2) is 6.73. The van der Waals surface area contributed by atoms with Crippen LogP contribution in [0.4, 0.5) is 5.69 Å². The summed E-state index contributed by atoms with van der Waals surface area (Å²) < 4.78 is 0. The first kappa shape index (κ1) is 16.0. The zero-order valence-electron chi connectivity index (χ0n) is 13.4. The maximum Gasteiger partial charge on any atom is 0.241 e. The van der Waals surface area contributed by atoms with Crippen LogP contribution in [0.3, 0.4) is 0 Å². The second-order valence-corrected chi connectivity index (χ2v) is 6.54. The lowest BCUT2D eigenvalue weighted by Gasteiger charge is -2.24. The lowest BCUT2D eigenvalue weighted by Crippen LogP contribution is -2.42. The third kappa shape index (κ3) is 3.41. The highest BCUT2D eigenvalue weighted by atomic mass is 35.5. The number of amides is 1. The molecule has 120 valence electrons. The van der Waals surface area contributed by atoms with E-state index in [0.717, 1.165) is 22.7 Å². The number of anilines is 1. The molecular weight excluding hydrogens is 308 g/mol. The molecular formula is C19H21ClN2O. The predicted octanol–water partition coefficient (Wildman–Crippen LogP) is 3.97. The van der Waals surface area contributed by atoms with Crippen molar-refractivity contribution in [3.63, 3.8) is 0 Å². The lowest BCUT2D eigenvalue weighted by molar-refractivity contribution is -0.118. The average molecular weight is 329 g/mol. The van der Waals surface area contributed by atoms with Crippen molar-refractivity contribution in [2.24, 2.45) is 0 Å². The Hall–Kier alpha value is -1.84. The molecule has 2 atom stereocenters. The second-order valence-electron chi connectivity index (χ2n) is 6.10. The van der Waals surface area contributed by atoms with E-state index in [1.165, 1.54) is 5.56 Å². The number of halogens is 1. The van der Waals surface area contributed by atoms with Crippen molar-refractivity contribution in [1.82, 2.24) is 5.32 Å². The Labute approximate surface area is 142 Å². The molecule has 0 aliphatic carbocycles. The summed E-state index contributed by atoms with van der Waals surface area (Å²) in [6.07, 6.45) is 0.925. The zero-order chi connectivity index (χ0) is 16.4. The van der Waals surface area contributed by atoms with Gasteiger partial charge in [0.05, 0.1) is 6.54 Å². The van der Waals surface area contributed by atoms with E-state index in [-0.39, 0.29) is 18.0 Å². The van der Waals surface area contributed by atoms with Crippen molar-refractivity contribution < 1.29 is 4.79 Å². The van der Waals surface area contributed by atoms with Gasteiger partial charge in [0, 0.05) is 22.8 Å². The van der Waals surface area contributed by atoms with E-state index in [2.05, 4.69) is 25.2 Å². The topological polar surface area (TPSA) is 32.3 Å². The summed E-state index contributed by atoms with van der Waals surface area (Å²) >= 11 is 5.91. The number of nitrogens with zero attached hydrogens (tertiary/aromatic N) is 1. The number of carbonyl (C=O) groups excluding carboxylic acids is 1. The molecule has 0 saturated carbocycles. The van der Waals surface area contributed by atoms with E-state index in [1.807, 2.05) is 47.4 Å². The van der Waals surface area contributed by atoms with E-state index in [9.17, 15) is 4.79 Å². The summed E-state index contributed by atoms with van der Waals surface area (Å²) in [5.41, 5.74) is 3.42. The first-order chi connectivity index (χ1) is 11.1. The number of hydrogen-bond acceptors (Lipinski definition) is 2. The van der Waals surface area contributed by atoms with Gasteiger partial charge in [-0.2, -0.15) is 0 Å². The fourth-order valence-corrected chi connectivity index (χ4v) is 3.27. The van der Waals surface area contributed by atoms with Gasteiger partial charge >= 0.3 is 0 Å². The molecule has 3 rings (SSSR count). The molecule has 0 spiro atoms. The Morgan fingerprint density at radius 1 is 1.26 bits per heavy atom. The summed E-state index contributed by atoms with van der Waals surface area (Å²) in [6.45, 7) is 4.47. The molecule has 1 heterocycles. The van der Waals surface area contributed by atoms with Gasteiger partial charge in [0.1, 0.15) is 0 Å². The minimum atomic E-state index is 0.101. The van der Waals surface area contributed by atoms with E-state index >= 15 is 0 Å². The number of carbonyl (C=O) groups is 1. The van der Waals surface area contributed by atoms with E-state index in [1.54, 1.807) is 0 Å². The lowest BCUT2D eigenvalue weighted by atomic mass is 10.1. The Morgan fingerprint density at radius 2 is 1.96 bits per heavy atom. The molecule has 1 aliphatic heterocycles. The molecule has 1 amide bonds. The van der Waals surface area contributed by atoms with Crippen LogP contribution in [0.1, 0.15) is 31.0 Å². The highest BCUT2D eigenvalue weighted by Gasteiger charge is 2.30. The molecule has 3 nitrogen and oxygen atoms in total. The van der Waals surface area contributed by atoms with Crippen molar-refractivity contribution in [2.75, 3.05) is 11.4 Å². The van der Waals surface area contributed by atoms with Crippen molar-refractivity contribution in [3.8, 4) is 0 Å². The first-order valence-corrected chi connectivity index (χ1v) is 8.33. The van der Waals surface area contributed by atoms with Gasteiger partial charge < -0.3 is 10.2 Å². The zero-order valence-corrected chi connectivity index (χ0v) is 14.2. The third-order valence-electron chi connectivity index (χ3n) is 4.41. The monoisotopic (exact) mass is 328 g/mol. The van der Waals surface area contributed by atoms with Gasteiger partial charge in [0.2, 0.25) is 5.91 Å². The summed E-state index contributed by atoms with van der Waals surface area (Å²) in [7, 11) is 0. The Bertz CT molecular complexity index is 699. The van der Waals surface area contributed by atoms with Crippen molar-refractivity contribution in [1.29, 1.82) is 0 Å². The number of benzene rings is 2. The first-order valence-electron chi connectivity index (χ1n) is 7.95. The number of hydrogen-bond donors (Lipinski definition) is 1. The minimum absolute atomic E-state index is 0.101. The molecule has 2 aromatic carbocycles. The van der Waals surface area contributed by atoms with Crippen LogP contribution < -0.4 is 10.2 Å². The standard InChI is InChI=1S/C19H21ClN2O/c1-13-11-16-5-3-4-6-18(16)22(13)19(23)12-21-14(2)15-7-9-17(20)10-8-15/h3-10,13-14,21H,11-12H2,1-2H3/t13-,14+/m1/s1. The molecule has 0 fully saturated rings. The number of para-hydroxylation sites is 1. The van der Waals surface area contributed by atoms with Crippen LogP contribution in [0.2, 0.25) is 5.02 Å². The summed E-state index contributed by atoms with van der Waals surface area (Å²) in [4.78, 5) is 14.6. The predicted molar refractivity (Wildman–Crippen MR) is 95.0 cm³/mol. The minimum Gasteiger partial charge on any atom is -0.308 e. The molecule has 0 aromatic heterocycles. The smallest absolute Gasteiger partial charge is 0.241 e. The van der Waals surface area contributed by atoms with Crippen molar-refractivity contribution in [2.45, 2.75) is 32.4 Å². The SMILES string of the molecule is C[C@H](NCC(=O)N1c2ccccc2C[C@H]1C)c1ccc(Cl)cc1. The molecule has 0 bridgehead atoms. The van der Waals surface area contributed by atoms with E-state index in [4.69, 9.17) is 11.6 Å². The van der Waals surface area contributed by atoms with Gasteiger partial charge in [0.15, 0.2) is 0 Å². The van der Waals surface area contributed by atoms with E-state index < -0.39 is 0 Å². The molecule has 1 aliphatic rings. The normalized spacial score (nSPS) is 17.9. The van der Waals surface area contributed by atoms with Crippen LogP contribution in [0.25, 0.3) is 0 Å². The van der Waals surface area contributed by atoms with Gasteiger partial charge in [0.25, 0.3) is 0 Å². The maximum atomic E-state index is 12.7. The van der Waals surface area contributed by atoms with Gasteiger partial charge in [-0.05, 0) is 49.6 Å². The van der Waals surface area contributed by atoms with Gasteiger partial charge in [-0.25, -0.2) is 0 Å². The molecule has 0 saturated heterocycles. The molecule has 4 heteroatoms. The van der Waals surface area contributed by atoms with Crippen LogP contribution in [0, 0.1) is 0 Å². The van der Waals surface area contributed by atoms with Crippen LogP contribution in [0.5, 0.6) is 0 Å². The van der Waals surface area contributed by atoms with Crippen LogP contribution in [0.15, 0.2) is 48.5 Å². The molecule has 0 radical (unpaired) electrons. The average Bonchev–Trinajstić information content (AvgIpc) is 2.88. The Morgan fingerprint density at radius 3 is 2.70 bits per heavy atom. The van der Waals surface area contributed by atoms with Crippen LogP contribution >= 0.6 is 11.6 Å². The van der Waals surface area contributed by atoms with E-state index in [0.29, 0.717) is 6.54 Å². The molecule has 0 unspecified atom stereocenters. The van der Waals surface area contributed by atoms with Crippen molar-refractivity contribution in [3.05, 3.63) is 64.7 Å². The molecule has 23 heavy (non-hydrogen) atoms. The quantitative estimate of drug-likeness (QED) is 0.921. The molecule has 1 N–H and O–H groups in total. The number of rotatable bonds is 4. The summed E-state index contributed by atoms with van der Waals surface area (Å²) in [5.74, 6) is 0.114. The summed E-state index contributed by atoms with van der Waals surface area (Å²) in [5, 5.41) is 4.03. The highest BCUT2D eigenvalue weighted by Crippen LogP contribution is 2.31. The highest BCUT2D eigenvalue weighted by molar-refractivity contribution is 6.30. The fourth-order valence-electron chi connectivity index (χ4n) is 3.14. The maximum absolute atomic E-state index is 12.7.